The molecule has 20 aromatic rings. The van der Waals surface area contributed by atoms with E-state index in [1.54, 1.807) is 0 Å². The molecular weight excluding hydrogens is 1100 g/mol. The Morgan fingerprint density at radius 2 is 0.367 bits per heavy atom. The molecule has 0 amide bonds. The van der Waals surface area contributed by atoms with Crippen molar-refractivity contribution in [2.24, 2.45) is 0 Å². The first-order valence-electron chi connectivity index (χ1n) is 30.6. The van der Waals surface area contributed by atoms with E-state index in [2.05, 4.69) is 300 Å². The summed E-state index contributed by atoms with van der Waals surface area (Å²) in [5.41, 5.74) is 25.1. The molecule has 14 aromatic carbocycles. The summed E-state index contributed by atoms with van der Waals surface area (Å²) in [4.78, 5) is 0. The smallest absolute Gasteiger partial charge is 0.135 e. The molecule has 0 saturated carbocycles. The van der Waals surface area contributed by atoms with Gasteiger partial charge in [-0.25, -0.2) is 0 Å². The Labute approximate surface area is 513 Å². The van der Waals surface area contributed by atoms with Crippen molar-refractivity contribution in [1.82, 2.24) is 9.13 Å². The molecule has 0 unspecified atom stereocenters. The normalized spacial score (nSPS) is 12.2. The highest BCUT2D eigenvalue weighted by Crippen LogP contribution is 2.43. The minimum Gasteiger partial charge on any atom is -0.456 e. The van der Waals surface area contributed by atoms with Crippen molar-refractivity contribution in [3.63, 3.8) is 0 Å². The van der Waals surface area contributed by atoms with Crippen LogP contribution in [0.3, 0.4) is 0 Å². The second kappa shape index (κ2) is 18.7. The zero-order valence-electron chi connectivity index (χ0n) is 48.2. The molecule has 6 heteroatoms. The molecular formula is C84H48N2O4. The number of para-hydroxylation sites is 4. The number of nitrogens with zero attached hydrogens (tertiary/aromatic N) is 2. The molecule has 0 aliphatic rings. The van der Waals surface area contributed by atoms with Crippen LogP contribution in [-0.2, 0) is 0 Å². The van der Waals surface area contributed by atoms with Gasteiger partial charge in [0.1, 0.15) is 44.7 Å². The minimum atomic E-state index is 0.853. The van der Waals surface area contributed by atoms with Gasteiger partial charge in [-0.05, 0) is 201 Å². The highest BCUT2D eigenvalue weighted by molar-refractivity contribution is 6.14. The van der Waals surface area contributed by atoms with Crippen LogP contribution in [0.1, 0.15) is 0 Å². The van der Waals surface area contributed by atoms with Crippen LogP contribution in [0, 0.1) is 0 Å². The Hall–Kier alpha value is -12.1. The molecule has 0 spiro atoms. The van der Waals surface area contributed by atoms with Crippen molar-refractivity contribution >= 4 is 131 Å². The molecule has 0 bridgehead atoms. The fraction of sp³-hybridized carbons (Fsp3) is 0. The quantitative estimate of drug-likeness (QED) is 0.160. The highest BCUT2D eigenvalue weighted by Gasteiger charge is 2.20. The Morgan fingerprint density at radius 1 is 0.156 bits per heavy atom. The van der Waals surface area contributed by atoms with Gasteiger partial charge in [0.2, 0.25) is 0 Å². The molecule has 0 fully saturated rings. The summed E-state index contributed by atoms with van der Waals surface area (Å²) in [5, 5.41) is 13.6. The maximum Gasteiger partial charge on any atom is 0.135 e. The van der Waals surface area contributed by atoms with E-state index in [0.29, 0.717) is 0 Å². The SMILES string of the molecule is c1cc(-c2ccc3oc4ccc(-c5ccc6oc7ccc(-c8cccc(-c9ccc%10oc%11ccc(-n%12c%13ccccc%13c%13ccccc%13%12)cc%11c%10c9)c8)cc7c6c5)cc4c3c2)cc(-c2ccc3oc4ccc(-n5c6ccccc6c6ccccc65)cc4c3c2)c1. The van der Waals surface area contributed by atoms with E-state index >= 15 is 0 Å². The van der Waals surface area contributed by atoms with Crippen LogP contribution in [0.15, 0.2) is 309 Å². The molecule has 0 aliphatic heterocycles. The highest BCUT2D eigenvalue weighted by atomic mass is 16.3. The first-order valence-corrected chi connectivity index (χ1v) is 30.6. The summed E-state index contributed by atoms with van der Waals surface area (Å²) in [6.45, 7) is 0. The molecule has 0 N–H and O–H groups in total. The summed E-state index contributed by atoms with van der Waals surface area (Å²) < 4.78 is 30.7. The molecule has 0 saturated heterocycles. The van der Waals surface area contributed by atoms with E-state index in [1.165, 1.54) is 43.6 Å². The summed E-state index contributed by atoms with van der Waals surface area (Å²) in [7, 11) is 0. The third kappa shape index (κ3) is 7.39. The van der Waals surface area contributed by atoms with Crippen molar-refractivity contribution in [2.75, 3.05) is 0 Å². The van der Waals surface area contributed by atoms with Gasteiger partial charge >= 0.3 is 0 Å². The molecule has 6 nitrogen and oxygen atoms in total. The standard InChI is InChI=1S/C84H48N2O4/c1-5-19-73-61(15-1)62-16-2-6-20-74(62)85(73)59-29-37-83-71(47-59)69-43-55(25-33-81(69)89-83)51-13-9-11-49(39-51)53-23-31-77-65(41-53)67-45-57(27-35-79(67)87-77)58-28-36-80-68(46-58)66-42-54(24-32-78(66)88-80)50-12-10-14-52(40-50)56-26-34-82-70(44-56)72-48-60(30-38-84(72)90-82)86-75-21-7-3-17-63(75)64-18-4-8-22-76(64)86/h1-48H. The fourth-order valence-corrected chi connectivity index (χ4v) is 14.6. The van der Waals surface area contributed by atoms with Gasteiger partial charge in [-0.2, -0.15) is 0 Å². The van der Waals surface area contributed by atoms with E-state index in [0.717, 1.165) is 155 Å². The first kappa shape index (κ1) is 49.0. The van der Waals surface area contributed by atoms with Crippen LogP contribution in [0.5, 0.6) is 0 Å². The molecule has 6 heterocycles. The lowest BCUT2D eigenvalue weighted by atomic mass is 9.96. The lowest BCUT2D eigenvalue weighted by Gasteiger charge is -2.08. The number of aromatic nitrogens is 2. The maximum absolute atomic E-state index is 6.52. The zero-order valence-corrected chi connectivity index (χ0v) is 48.2. The topological polar surface area (TPSA) is 62.4 Å². The van der Waals surface area contributed by atoms with Crippen molar-refractivity contribution in [3.8, 4) is 67.0 Å². The number of hydrogen-bond acceptors (Lipinski definition) is 4. The van der Waals surface area contributed by atoms with Crippen molar-refractivity contribution < 1.29 is 17.7 Å². The van der Waals surface area contributed by atoms with E-state index in [9.17, 15) is 0 Å². The summed E-state index contributed by atoms with van der Waals surface area (Å²) >= 11 is 0. The Balaban J connectivity index is 0.611. The van der Waals surface area contributed by atoms with Gasteiger partial charge in [-0.3, -0.25) is 0 Å². The number of furan rings is 4. The maximum atomic E-state index is 6.52. The minimum absolute atomic E-state index is 0.853. The molecule has 6 aromatic heterocycles. The zero-order chi connectivity index (χ0) is 58.7. The summed E-state index contributed by atoms with van der Waals surface area (Å²) in [6.07, 6.45) is 0. The molecule has 0 atom stereocenters. The van der Waals surface area contributed by atoms with Crippen LogP contribution < -0.4 is 0 Å². The van der Waals surface area contributed by atoms with Gasteiger partial charge < -0.3 is 26.8 Å². The molecule has 20 rings (SSSR count). The first-order chi connectivity index (χ1) is 44.5. The van der Waals surface area contributed by atoms with E-state index < -0.39 is 0 Å². The van der Waals surface area contributed by atoms with Gasteiger partial charge in [0, 0.05) is 76.0 Å². The van der Waals surface area contributed by atoms with Gasteiger partial charge in [-0.1, -0.05) is 146 Å². The lowest BCUT2D eigenvalue weighted by molar-refractivity contribution is 0.668. The number of hydrogen-bond donors (Lipinski definition) is 0. The fourth-order valence-electron chi connectivity index (χ4n) is 14.6. The summed E-state index contributed by atoms with van der Waals surface area (Å²) in [5.74, 6) is 0. The van der Waals surface area contributed by atoms with Gasteiger partial charge in [0.15, 0.2) is 0 Å². The third-order valence-electron chi connectivity index (χ3n) is 18.9. The van der Waals surface area contributed by atoms with Gasteiger partial charge in [-0.15, -0.1) is 0 Å². The predicted octanol–water partition coefficient (Wildman–Crippen LogP) is 23.8. The molecule has 0 aliphatic carbocycles. The van der Waals surface area contributed by atoms with Crippen LogP contribution in [0.25, 0.3) is 198 Å². The number of benzene rings is 14. The average Bonchev–Trinajstić information content (AvgIpc) is 1.85. The summed E-state index contributed by atoms with van der Waals surface area (Å²) in [6, 6.07) is 105. The van der Waals surface area contributed by atoms with Gasteiger partial charge in [0.05, 0.1) is 22.1 Å². The second-order valence-corrected chi connectivity index (χ2v) is 23.9. The van der Waals surface area contributed by atoms with Crippen molar-refractivity contribution in [2.45, 2.75) is 0 Å². The van der Waals surface area contributed by atoms with E-state index in [1.807, 2.05) is 0 Å². The molecule has 418 valence electrons. The van der Waals surface area contributed by atoms with Crippen LogP contribution in [-0.4, -0.2) is 9.13 Å². The van der Waals surface area contributed by atoms with E-state index in [4.69, 9.17) is 17.7 Å². The second-order valence-electron chi connectivity index (χ2n) is 23.9. The number of rotatable bonds is 7. The Morgan fingerprint density at radius 3 is 0.622 bits per heavy atom. The third-order valence-corrected chi connectivity index (χ3v) is 18.9. The predicted molar refractivity (Wildman–Crippen MR) is 371 cm³/mol. The van der Waals surface area contributed by atoms with Crippen molar-refractivity contribution in [1.29, 1.82) is 0 Å². The van der Waals surface area contributed by atoms with Crippen LogP contribution >= 0.6 is 0 Å². The van der Waals surface area contributed by atoms with E-state index in [-0.39, 0.29) is 0 Å². The van der Waals surface area contributed by atoms with Crippen LogP contribution in [0.4, 0.5) is 0 Å². The van der Waals surface area contributed by atoms with Gasteiger partial charge in [0.25, 0.3) is 0 Å². The Bertz CT molecular complexity index is 5940. The molecule has 90 heavy (non-hydrogen) atoms. The Kier molecular flexibility index (Phi) is 10.2. The van der Waals surface area contributed by atoms with Crippen molar-refractivity contribution in [3.05, 3.63) is 291 Å². The lowest BCUT2D eigenvalue weighted by Crippen LogP contribution is -1.93. The largest absolute Gasteiger partial charge is 0.456 e. The average molecular weight is 1150 g/mol. The molecule has 0 radical (unpaired) electrons. The van der Waals surface area contributed by atoms with Crippen LogP contribution in [0.2, 0.25) is 0 Å². The monoisotopic (exact) mass is 1150 g/mol. The number of fused-ring (bicyclic) bond motifs is 18.